The molecule has 3 aromatic carbocycles. The maximum atomic E-state index is 13.1. The predicted molar refractivity (Wildman–Crippen MR) is 155 cm³/mol. The van der Waals surface area contributed by atoms with E-state index in [-0.39, 0.29) is 29.2 Å². The van der Waals surface area contributed by atoms with E-state index in [1.807, 2.05) is 44.2 Å². The number of nitrogens with zero attached hydrogens (tertiary/aromatic N) is 1. The number of carbonyl (C=O) groups excluding carboxylic acids is 2. The Morgan fingerprint density at radius 2 is 1.92 bits per heavy atom. The van der Waals surface area contributed by atoms with Crippen molar-refractivity contribution in [2.75, 3.05) is 23.9 Å². The predicted octanol–water partition coefficient (Wildman–Crippen LogP) is 7.04. The number of thioether (sulfide) groups is 1. The Bertz CT molecular complexity index is 1440. The van der Waals surface area contributed by atoms with Gasteiger partial charge >= 0.3 is 0 Å². The average Bonchev–Trinajstić information content (AvgIpc) is 3.12. The van der Waals surface area contributed by atoms with Crippen molar-refractivity contribution in [1.29, 1.82) is 0 Å². The maximum Gasteiger partial charge on any atom is 0.270 e. The second-order valence-electron chi connectivity index (χ2n) is 8.19. The fourth-order valence-corrected chi connectivity index (χ4v) is 5.37. The first-order valence-corrected chi connectivity index (χ1v) is 13.1. The second kappa shape index (κ2) is 11.6. The molecule has 0 aromatic heterocycles. The third-order valence-electron chi connectivity index (χ3n) is 5.42. The van der Waals surface area contributed by atoms with Gasteiger partial charge in [-0.05, 0) is 73.0 Å². The Morgan fingerprint density at radius 1 is 1.14 bits per heavy atom. The molecule has 37 heavy (non-hydrogen) atoms. The minimum atomic E-state index is -0.382. The van der Waals surface area contributed by atoms with Gasteiger partial charge in [0, 0.05) is 10.7 Å². The van der Waals surface area contributed by atoms with E-state index in [1.54, 1.807) is 30.3 Å². The van der Waals surface area contributed by atoms with Crippen LogP contribution in [0.4, 0.5) is 11.4 Å². The molecule has 2 amide bonds. The summed E-state index contributed by atoms with van der Waals surface area (Å²) >= 11 is 19.2. The van der Waals surface area contributed by atoms with Crippen LogP contribution in [0.2, 0.25) is 10.0 Å². The SMILES string of the molecule is COc1cc(/C=C2\SC(=S)N(c3cccc(C)c3)C2=O)cc(Cl)c1OCC(=O)Nc1cc(Cl)ccc1C. The third-order valence-corrected chi connectivity index (χ3v) is 7.24. The van der Waals surface area contributed by atoms with Gasteiger partial charge in [-0.1, -0.05) is 65.4 Å². The molecule has 0 aliphatic carbocycles. The number of rotatable bonds is 7. The Labute approximate surface area is 234 Å². The number of carbonyl (C=O) groups is 2. The molecule has 6 nitrogen and oxygen atoms in total. The van der Waals surface area contributed by atoms with Gasteiger partial charge in [0.05, 0.1) is 22.7 Å². The van der Waals surface area contributed by atoms with Crippen molar-refractivity contribution in [1.82, 2.24) is 0 Å². The van der Waals surface area contributed by atoms with E-state index in [4.69, 9.17) is 44.9 Å². The van der Waals surface area contributed by atoms with Gasteiger partial charge in [0.1, 0.15) is 0 Å². The van der Waals surface area contributed by atoms with Gasteiger partial charge in [0.15, 0.2) is 22.4 Å². The molecular formula is C27H22Cl2N2O4S2. The van der Waals surface area contributed by atoms with Crippen LogP contribution in [0, 0.1) is 13.8 Å². The van der Waals surface area contributed by atoms with Crippen molar-refractivity contribution in [2.45, 2.75) is 13.8 Å². The molecule has 4 rings (SSSR count). The van der Waals surface area contributed by atoms with Crippen molar-refractivity contribution < 1.29 is 19.1 Å². The number of benzene rings is 3. The van der Waals surface area contributed by atoms with E-state index < -0.39 is 0 Å². The fourth-order valence-electron chi connectivity index (χ4n) is 3.62. The van der Waals surface area contributed by atoms with E-state index in [2.05, 4.69) is 5.32 Å². The minimum absolute atomic E-state index is 0.214. The zero-order valence-electron chi connectivity index (χ0n) is 20.1. The van der Waals surface area contributed by atoms with E-state index >= 15 is 0 Å². The van der Waals surface area contributed by atoms with Crippen LogP contribution in [-0.2, 0) is 9.59 Å². The van der Waals surface area contributed by atoms with Crippen molar-refractivity contribution in [3.63, 3.8) is 0 Å². The zero-order chi connectivity index (χ0) is 26.7. The number of amides is 2. The van der Waals surface area contributed by atoms with E-state index in [0.717, 1.165) is 16.8 Å². The molecule has 10 heteroatoms. The Hall–Kier alpha value is -3.04. The number of thiocarbonyl (C=S) groups is 1. The first kappa shape index (κ1) is 27.0. The smallest absolute Gasteiger partial charge is 0.270 e. The summed E-state index contributed by atoms with van der Waals surface area (Å²) in [7, 11) is 1.47. The lowest BCUT2D eigenvalue weighted by atomic mass is 10.1. The summed E-state index contributed by atoms with van der Waals surface area (Å²) in [6, 6.07) is 16.1. The summed E-state index contributed by atoms with van der Waals surface area (Å²) in [5.41, 5.74) is 3.83. The molecule has 0 unspecified atom stereocenters. The molecule has 1 N–H and O–H groups in total. The molecule has 1 fully saturated rings. The molecule has 0 radical (unpaired) electrons. The van der Waals surface area contributed by atoms with Crippen molar-refractivity contribution in [3.8, 4) is 11.5 Å². The summed E-state index contributed by atoms with van der Waals surface area (Å²) < 4.78 is 11.6. The molecule has 0 spiro atoms. The van der Waals surface area contributed by atoms with Crippen molar-refractivity contribution in [2.24, 2.45) is 0 Å². The van der Waals surface area contributed by atoms with Crippen LogP contribution in [0.5, 0.6) is 11.5 Å². The van der Waals surface area contributed by atoms with E-state index in [1.165, 1.54) is 23.8 Å². The molecule has 1 aliphatic heterocycles. The Kier molecular flexibility index (Phi) is 8.44. The van der Waals surface area contributed by atoms with Gasteiger partial charge in [-0.15, -0.1) is 0 Å². The summed E-state index contributed by atoms with van der Waals surface area (Å²) in [6.07, 6.45) is 1.70. The monoisotopic (exact) mass is 572 g/mol. The van der Waals surface area contributed by atoms with Crippen LogP contribution in [0.25, 0.3) is 6.08 Å². The lowest BCUT2D eigenvalue weighted by molar-refractivity contribution is -0.118. The number of nitrogens with one attached hydrogen (secondary N) is 1. The molecule has 1 aliphatic rings. The van der Waals surface area contributed by atoms with Crippen molar-refractivity contribution >= 4 is 80.8 Å². The highest BCUT2D eigenvalue weighted by molar-refractivity contribution is 8.27. The highest BCUT2D eigenvalue weighted by Gasteiger charge is 2.33. The highest BCUT2D eigenvalue weighted by Crippen LogP contribution is 2.40. The van der Waals surface area contributed by atoms with Gasteiger partial charge in [-0.3, -0.25) is 14.5 Å². The minimum Gasteiger partial charge on any atom is -0.493 e. The average molecular weight is 574 g/mol. The molecule has 3 aromatic rings. The number of hydrogen-bond donors (Lipinski definition) is 1. The quantitative estimate of drug-likeness (QED) is 0.242. The molecule has 0 bridgehead atoms. The molecule has 0 saturated carbocycles. The summed E-state index contributed by atoms with van der Waals surface area (Å²) in [4.78, 5) is 27.5. The van der Waals surface area contributed by atoms with Gasteiger partial charge in [-0.25, -0.2) is 0 Å². The molecule has 0 atom stereocenters. The van der Waals surface area contributed by atoms with Crippen molar-refractivity contribution in [3.05, 3.63) is 86.2 Å². The van der Waals surface area contributed by atoms with Gasteiger partial charge < -0.3 is 14.8 Å². The summed E-state index contributed by atoms with van der Waals surface area (Å²) in [5, 5.41) is 3.51. The van der Waals surface area contributed by atoms with Crippen LogP contribution >= 0.6 is 47.2 Å². The standard InChI is InChI=1S/C27H22Cl2N2O4S2/c1-15-5-4-6-19(9-15)31-26(33)23(37-27(31)36)12-17-10-20(29)25(22(11-17)34-3)35-14-24(32)30-21-13-18(28)8-7-16(21)2/h4-13H,14H2,1-3H3,(H,30,32)/b23-12-. The second-order valence-corrected chi connectivity index (χ2v) is 10.7. The fraction of sp³-hybridized carbons (Fsp3) is 0.148. The Balaban J connectivity index is 1.51. The van der Waals surface area contributed by atoms with Gasteiger partial charge in [0.25, 0.3) is 11.8 Å². The lowest BCUT2D eigenvalue weighted by Crippen LogP contribution is -2.27. The van der Waals surface area contributed by atoms with Crippen LogP contribution in [0.1, 0.15) is 16.7 Å². The molecule has 190 valence electrons. The first-order valence-electron chi connectivity index (χ1n) is 11.1. The number of aryl methyl sites for hydroxylation is 2. The zero-order valence-corrected chi connectivity index (χ0v) is 23.3. The number of methoxy groups -OCH3 is 1. The first-order chi connectivity index (χ1) is 17.7. The largest absolute Gasteiger partial charge is 0.493 e. The number of anilines is 2. The maximum absolute atomic E-state index is 13.1. The van der Waals surface area contributed by atoms with E-state index in [9.17, 15) is 9.59 Å². The lowest BCUT2D eigenvalue weighted by Gasteiger charge is -2.15. The van der Waals surface area contributed by atoms with Gasteiger partial charge in [-0.2, -0.15) is 0 Å². The summed E-state index contributed by atoms with van der Waals surface area (Å²) in [5.74, 6) is -0.0670. The number of halogens is 2. The Morgan fingerprint density at radius 3 is 2.65 bits per heavy atom. The third kappa shape index (κ3) is 6.27. The van der Waals surface area contributed by atoms with E-state index in [0.29, 0.717) is 31.2 Å². The molecular weight excluding hydrogens is 551 g/mol. The summed E-state index contributed by atoms with van der Waals surface area (Å²) in [6.45, 7) is 3.52. The molecule has 1 saturated heterocycles. The number of ether oxygens (including phenoxy) is 2. The molecule has 1 heterocycles. The van der Waals surface area contributed by atoms with Crippen LogP contribution in [0.3, 0.4) is 0 Å². The number of hydrogen-bond acceptors (Lipinski definition) is 6. The van der Waals surface area contributed by atoms with Crippen LogP contribution in [0.15, 0.2) is 59.5 Å². The normalized spacial score (nSPS) is 14.3. The topological polar surface area (TPSA) is 67.9 Å². The van der Waals surface area contributed by atoms with Gasteiger partial charge in [0.2, 0.25) is 0 Å². The van der Waals surface area contributed by atoms with Crippen LogP contribution in [-0.4, -0.2) is 29.9 Å². The highest BCUT2D eigenvalue weighted by atomic mass is 35.5. The van der Waals surface area contributed by atoms with Crippen LogP contribution < -0.4 is 19.7 Å².